The van der Waals surface area contributed by atoms with Crippen molar-refractivity contribution in [3.05, 3.63) is 29.1 Å². The molecule has 0 saturated carbocycles. The van der Waals surface area contributed by atoms with Crippen LogP contribution in [0.5, 0.6) is 0 Å². The van der Waals surface area contributed by atoms with Gasteiger partial charge in [0, 0.05) is 23.7 Å². The Morgan fingerprint density at radius 2 is 2.36 bits per heavy atom. The number of imidazole rings is 1. The summed E-state index contributed by atoms with van der Waals surface area (Å²) < 4.78 is 0. The van der Waals surface area contributed by atoms with E-state index in [2.05, 4.69) is 26.5 Å². The maximum Gasteiger partial charge on any atom is 0.263 e. The van der Waals surface area contributed by atoms with E-state index in [0.717, 1.165) is 22.9 Å². The van der Waals surface area contributed by atoms with Crippen LogP contribution in [0.25, 0.3) is 0 Å². The first-order valence-electron chi connectivity index (χ1n) is 6.52. The van der Waals surface area contributed by atoms with Gasteiger partial charge in [-0.25, -0.2) is 4.98 Å². The normalized spacial score (nSPS) is 11.0. The Bertz CT molecular complexity index is 622. The molecule has 0 radical (unpaired) electrons. The summed E-state index contributed by atoms with van der Waals surface area (Å²) in [7, 11) is 0. The second-order valence-electron chi connectivity index (χ2n) is 4.24. The molecule has 1 rings (SSSR count). The lowest BCUT2D eigenvalue weighted by atomic mass is 10.2. The maximum atomic E-state index is 11.2. The predicted molar refractivity (Wildman–Crippen MR) is 86.2 cm³/mol. The first kappa shape index (κ1) is 17.5. The van der Waals surface area contributed by atoms with Gasteiger partial charge < -0.3 is 21.4 Å². The number of primary amides is 1. The van der Waals surface area contributed by atoms with Crippen LogP contribution in [0.15, 0.2) is 17.7 Å². The summed E-state index contributed by atoms with van der Waals surface area (Å²) in [4.78, 5) is 18.4. The van der Waals surface area contributed by atoms with Crippen LogP contribution in [-0.4, -0.2) is 34.7 Å². The van der Waals surface area contributed by atoms with Crippen molar-refractivity contribution < 1.29 is 4.79 Å². The molecule has 116 valence electrons. The molecule has 0 saturated heterocycles. The fraction of sp³-hybridized carbons (Fsp3) is 0.357. The maximum absolute atomic E-state index is 11.2. The van der Waals surface area contributed by atoms with Crippen molar-refractivity contribution in [3.8, 4) is 18.4 Å². The quantitative estimate of drug-likeness (QED) is 0.220. The van der Waals surface area contributed by atoms with Gasteiger partial charge in [0.25, 0.3) is 5.91 Å². The van der Waals surface area contributed by atoms with Crippen LogP contribution >= 0.6 is 11.8 Å². The van der Waals surface area contributed by atoms with Crippen molar-refractivity contribution in [2.75, 3.05) is 18.8 Å². The minimum Gasteiger partial charge on any atom is -0.370 e. The van der Waals surface area contributed by atoms with Crippen molar-refractivity contribution >= 4 is 17.7 Å². The number of hydrogen-bond donors (Lipinski definition) is 4. The Morgan fingerprint density at radius 1 is 1.59 bits per heavy atom. The zero-order valence-electron chi connectivity index (χ0n) is 12.3. The second kappa shape index (κ2) is 9.37. The number of aromatic nitrogens is 2. The highest BCUT2D eigenvalue weighted by Gasteiger charge is 2.11. The number of carbonyl (C=O) groups is 1. The molecule has 7 nitrogen and oxygen atoms in total. The molecule has 0 aliphatic heterocycles. The van der Waals surface area contributed by atoms with Gasteiger partial charge in [0.2, 0.25) is 0 Å². The third-order valence-electron chi connectivity index (χ3n) is 2.70. The Kier molecular flexibility index (Phi) is 7.44. The minimum atomic E-state index is -0.797. The molecule has 0 unspecified atom stereocenters. The minimum absolute atomic E-state index is 0.164. The number of rotatable bonds is 9. The fourth-order valence-electron chi connectivity index (χ4n) is 1.56. The molecular formula is C14H18N6OS. The van der Waals surface area contributed by atoms with Gasteiger partial charge in [0.1, 0.15) is 11.9 Å². The molecule has 0 spiro atoms. The molecule has 22 heavy (non-hydrogen) atoms. The van der Waals surface area contributed by atoms with Gasteiger partial charge in [-0.1, -0.05) is 5.92 Å². The monoisotopic (exact) mass is 318 g/mol. The average Bonchev–Trinajstić information content (AvgIpc) is 2.89. The number of amides is 1. The van der Waals surface area contributed by atoms with E-state index in [-0.39, 0.29) is 17.9 Å². The third-order valence-corrected chi connectivity index (χ3v) is 3.67. The van der Waals surface area contributed by atoms with Gasteiger partial charge in [-0.15, -0.1) is 6.42 Å². The highest BCUT2D eigenvalue weighted by Crippen LogP contribution is 2.11. The Hall–Kier alpha value is -2.58. The largest absolute Gasteiger partial charge is 0.370 e. The number of aromatic amines is 1. The van der Waals surface area contributed by atoms with E-state index in [1.807, 2.05) is 6.92 Å². The SMILES string of the molecule is C#CCN/C(NCCSCc1nc[nH]c1C)=C(/C#N)C(N)=O. The molecule has 0 fully saturated rings. The van der Waals surface area contributed by atoms with Crippen LogP contribution in [0.3, 0.4) is 0 Å². The number of nitrogens with zero attached hydrogens (tertiary/aromatic N) is 2. The summed E-state index contributed by atoms with van der Waals surface area (Å²) in [5, 5.41) is 14.7. The standard InChI is InChI=1S/C14H18N6OS/c1-3-4-17-14(11(7-15)13(16)21)18-5-6-22-8-12-10(2)19-9-20-12/h1,9,17-18H,4-6,8H2,2H3,(H2,16,21)(H,19,20)/b14-11+. The fourth-order valence-corrected chi connectivity index (χ4v) is 2.44. The van der Waals surface area contributed by atoms with Crippen LogP contribution in [0, 0.1) is 30.6 Å². The van der Waals surface area contributed by atoms with E-state index >= 15 is 0 Å². The highest BCUT2D eigenvalue weighted by molar-refractivity contribution is 7.98. The van der Waals surface area contributed by atoms with E-state index < -0.39 is 5.91 Å². The topological polar surface area (TPSA) is 120 Å². The van der Waals surface area contributed by atoms with Crippen molar-refractivity contribution in [1.82, 2.24) is 20.6 Å². The van der Waals surface area contributed by atoms with E-state index in [1.54, 1.807) is 24.2 Å². The summed E-state index contributed by atoms with van der Waals surface area (Å²) in [6.45, 7) is 2.72. The first-order valence-corrected chi connectivity index (χ1v) is 7.67. The number of aryl methyl sites for hydroxylation is 1. The summed E-state index contributed by atoms with van der Waals surface area (Å²) >= 11 is 1.68. The van der Waals surface area contributed by atoms with Crippen LogP contribution in [0.4, 0.5) is 0 Å². The van der Waals surface area contributed by atoms with Gasteiger partial charge in [-0.2, -0.15) is 17.0 Å². The molecule has 0 aromatic carbocycles. The van der Waals surface area contributed by atoms with E-state index in [0.29, 0.717) is 6.54 Å². The molecule has 1 heterocycles. The Labute approximate surface area is 133 Å². The number of H-pyrrole nitrogens is 1. The summed E-state index contributed by atoms with van der Waals surface area (Å²) in [5.74, 6) is 3.41. The van der Waals surface area contributed by atoms with Gasteiger partial charge in [-0.3, -0.25) is 4.79 Å². The van der Waals surface area contributed by atoms with E-state index in [4.69, 9.17) is 17.4 Å². The molecule has 0 aliphatic rings. The number of carbonyl (C=O) groups excluding carboxylic acids is 1. The number of nitrogens with one attached hydrogen (secondary N) is 3. The molecule has 5 N–H and O–H groups in total. The zero-order valence-corrected chi connectivity index (χ0v) is 13.1. The lowest BCUT2D eigenvalue weighted by molar-refractivity contribution is -0.114. The summed E-state index contributed by atoms with van der Waals surface area (Å²) in [6.07, 6.45) is 6.83. The van der Waals surface area contributed by atoms with Gasteiger partial charge in [0.05, 0.1) is 18.6 Å². The number of nitrogens with two attached hydrogens (primary N) is 1. The molecule has 1 amide bonds. The van der Waals surface area contributed by atoms with Gasteiger partial charge in [0.15, 0.2) is 5.57 Å². The van der Waals surface area contributed by atoms with Crippen LogP contribution in [0.1, 0.15) is 11.4 Å². The van der Waals surface area contributed by atoms with Crippen molar-refractivity contribution in [2.45, 2.75) is 12.7 Å². The van der Waals surface area contributed by atoms with Gasteiger partial charge in [-0.05, 0) is 6.92 Å². The van der Waals surface area contributed by atoms with Crippen LogP contribution in [0.2, 0.25) is 0 Å². The predicted octanol–water partition coefficient (Wildman–Crippen LogP) is -0.0158. The number of hydrogen-bond acceptors (Lipinski definition) is 6. The van der Waals surface area contributed by atoms with E-state index in [1.165, 1.54) is 0 Å². The molecular weight excluding hydrogens is 300 g/mol. The Morgan fingerprint density at radius 3 is 2.91 bits per heavy atom. The molecule has 8 heteroatoms. The molecule has 0 atom stereocenters. The average molecular weight is 318 g/mol. The van der Waals surface area contributed by atoms with Crippen LogP contribution < -0.4 is 16.4 Å². The summed E-state index contributed by atoms with van der Waals surface area (Å²) in [5.41, 5.74) is 7.07. The van der Waals surface area contributed by atoms with Crippen molar-refractivity contribution in [3.63, 3.8) is 0 Å². The highest BCUT2D eigenvalue weighted by atomic mass is 32.2. The van der Waals surface area contributed by atoms with Crippen LogP contribution in [-0.2, 0) is 10.5 Å². The first-order chi connectivity index (χ1) is 10.6. The summed E-state index contributed by atoms with van der Waals surface area (Å²) in [6, 6.07) is 1.77. The third kappa shape index (κ3) is 5.43. The lowest BCUT2D eigenvalue weighted by Gasteiger charge is -2.12. The zero-order chi connectivity index (χ0) is 16.4. The second-order valence-corrected chi connectivity index (χ2v) is 5.34. The number of thioether (sulfide) groups is 1. The van der Waals surface area contributed by atoms with Crippen molar-refractivity contribution in [2.24, 2.45) is 5.73 Å². The molecule has 0 aliphatic carbocycles. The lowest BCUT2D eigenvalue weighted by Crippen LogP contribution is -2.33. The van der Waals surface area contributed by atoms with Gasteiger partial charge >= 0.3 is 0 Å². The Balaban J connectivity index is 2.47. The molecule has 1 aromatic rings. The van der Waals surface area contributed by atoms with E-state index in [9.17, 15) is 4.79 Å². The number of terminal acetylenes is 1. The smallest absolute Gasteiger partial charge is 0.263 e. The van der Waals surface area contributed by atoms with Crippen molar-refractivity contribution in [1.29, 1.82) is 5.26 Å². The molecule has 0 bridgehead atoms. The number of nitriles is 1. The molecule has 1 aromatic heterocycles.